The number of methoxy groups -OCH3 is 1. The van der Waals surface area contributed by atoms with Gasteiger partial charge in [-0.05, 0) is 18.1 Å². The van der Waals surface area contributed by atoms with Gasteiger partial charge in [-0.15, -0.1) is 11.8 Å². The van der Waals surface area contributed by atoms with Crippen LogP contribution in [0.2, 0.25) is 0 Å². The van der Waals surface area contributed by atoms with E-state index in [0.717, 1.165) is 6.42 Å². The van der Waals surface area contributed by atoms with Crippen LogP contribution in [0.4, 0.5) is 0 Å². The second-order valence-electron chi connectivity index (χ2n) is 4.95. The highest BCUT2D eigenvalue weighted by molar-refractivity contribution is 8.01. The van der Waals surface area contributed by atoms with Gasteiger partial charge in [-0.25, -0.2) is 0 Å². The number of carbonyl (C=O) groups excluding carboxylic acids is 1. The lowest BCUT2D eigenvalue weighted by Crippen LogP contribution is -2.41. The van der Waals surface area contributed by atoms with Crippen LogP contribution in [-0.4, -0.2) is 47.9 Å². The molecule has 1 aromatic rings. The molecule has 2 N–H and O–H groups in total. The Morgan fingerprint density at radius 2 is 2.24 bits per heavy atom. The van der Waals surface area contributed by atoms with Gasteiger partial charge in [0.2, 0.25) is 5.91 Å². The average Bonchev–Trinajstić information content (AvgIpc) is 2.90. The summed E-state index contributed by atoms with van der Waals surface area (Å²) in [5.74, 6) is 0.143. The number of carbonyl (C=O) groups is 1. The number of hydrogen-bond donors (Lipinski definition) is 1. The van der Waals surface area contributed by atoms with Crippen molar-refractivity contribution in [2.45, 2.75) is 23.0 Å². The van der Waals surface area contributed by atoms with Gasteiger partial charge >= 0.3 is 0 Å². The van der Waals surface area contributed by atoms with E-state index in [1.54, 1.807) is 18.9 Å². The maximum absolute atomic E-state index is 12.7. The summed E-state index contributed by atoms with van der Waals surface area (Å²) in [4.78, 5) is 16.2. The van der Waals surface area contributed by atoms with Crippen LogP contribution in [0.25, 0.3) is 0 Å². The lowest BCUT2D eigenvalue weighted by Gasteiger charge is -2.25. The number of thiocarbonyl (C=S) groups is 1. The molecule has 1 heterocycles. The molecule has 0 bridgehead atoms. The molecule has 1 unspecified atom stereocenters. The SMILES string of the molecule is COCCN(CCC(N)=S)C(=O)C1Cc2ccccc2S1. The Bertz CT molecular complexity index is 497. The fourth-order valence-corrected chi connectivity index (χ4v) is 3.67. The maximum Gasteiger partial charge on any atom is 0.236 e. The molecule has 1 aromatic carbocycles. The molecule has 1 aliphatic rings. The topological polar surface area (TPSA) is 55.6 Å². The Morgan fingerprint density at radius 3 is 2.90 bits per heavy atom. The Kier molecular flexibility index (Phi) is 6.02. The molecule has 0 spiro atoms. The molecular formula is C15H20N2O2S2. The summed E-state index contributed by atoms with van der Waals surface area (Å²) >= 11 is 6.55. The second kappa shape index (κ2) is 7.77. The van der Waals surface area contributed by atoms with Crippen molar-refractivity contribution < 1.29 is 9.53 Å². The number of ether oxygens (including phenoxy) is 1. The van der Waals surface area contributed by atoms with E-state index in [0.29, 0.717) is 31.1 Å². The van der Waals surface area contributed by atoms with Crippen LogP contribution in [0.5, 0.6) is 0 Å². The number of amides is 1. The maximum atomic E-state index is 12.7. The molecule has 0 aromatic heterocycles. The lowest BCUT2D eigenvalue weighted by molar-refractivity contribution is -0.131. The van der Waals surface area contributed by atoms with Gasteiger partial charge in [-0.3, -0.25) is 4.79 Å². The average molecular weight is 324 g/mol. The van der Waals surface area contributed by atoms with E-state index in [9.17, 15) is 4.79 Å². The number of hydrogen-bond acceptors (Lipinski definition) is 4. The van der Waals surface area contributed by atoms with Crippen LogP contribution in [-0.2, 0) is 16.0 Å². The normalized spacial score (nSPS) is 16.5. The van der Waals surface area contributed by atoms with Crippen molar-refractivity contribution in [2.75, 3.05) is 26.8 Å². The summed E-state index contributed by atoms with van der Waals surface area (Å²) in [5.41, 5.74) is 6.80. The minimum absolute atomic E-state index is 0.0504. The number of rotatable bonds is 7. The molecule has 4 nitrogen and oxygen atoms in total. The molecule has 1 amide bonds. The number of benzene rings is 1. The quantitative estimate of drug-likeness (QED) is 0.776. The first kappa shape index (κ1) is 16.3. The molecule has 0 radical (unpaired) electrons. The first-order chi connectivity index (χ1) is 10.1. The van der Waals surface area contributed by atoms with E-state index in [1.165, 1.54) is 10.5 Å². The van der Waals surface area contributed by atoms with Gasteiger partial charge in [0.05, 0.1) is 16.8 Å². The third-order valence-corrected chi connectivity index (χ3v) is 4.94. The summed E-state index contributed by atoms with van der Waals surface area (Å²) in [6.45, 7) is 1.66. The summed E-state index contributed by atoms with van der Waals surface area (Å²) in [7, 11) is 1.64. The van der Waals surface area contributed by atoms with Crippen molar-refractivity contribution in [2.24, 2.45) is 5.73 Å². The first-order valence-electron chi connectivity index (χ1n) is 6.92. The molecule has 1 aliphatic heterocycles. The van der Waals surface area contributed by atoms with E-state index in [4.69, 9.17) is 22.7 Å². The number of nitrogens with zero attached hydrogens (tertiary/aromatic N) is 1. The van der Waals surface area contributed by atoms with E-state index in [-0.39, 0.29) is 11.2 Å². The summed E-state index contributed by atoms with van der Waals surface area (Å²) in [5, 5.41) is -0.0504. The van der Waals surface area contributed by atoms with E-state index in [1.807, 2.05) is 17.0 Å². The van der Waals surface area contributed by atoms with Gasteiger partial charge in [0.1, 0.15) is 0 Å². The van der Waals surface area contributed by atoms with Crippen LogP contribution in [0.3, 0.4) is 0 Å². The van der Waals surface area contributed by atoms with Gasteiger partial charge in [0.15, 0.2) is 0 Å². The highest BCUT2D eigenvalue weighted by Crippen LogP contribution is 2.37. The van der Waals surface area contributed by atoms with Gasteiger partial charge < -0.3 is 15.4 Å². The molecule has 1 atom stereocenters. The highest BCUT2D eigenvalue weighted by atomic mass is 32.2. The molecular weight excluding hydrogens is 304 g/mol. The predicted octanol–water partition coefficient (Wildman–Crippen LogP) is 1.85. The van der Waals surface area contributed by atoms with E-state index >= 15 is 0 Å². The van der Waals surface area contributed by atoms with Crippen molar-refractivity contribution in [3.8, 4) is 0 Å². The van der Waals surface area contributed by atoms with E-state index < -0.39 is 0 Å². The number of fused-ring (bicyclic) bond motifs is 1. The molecule has 0 aliphatic carbocycles. The Balaban J connectivity index is 1.99. The number of nitrogens with two attached hydrogens (primary N) is 1. The van der Waals surface area contributed by atoms with Gasteiger partial charge in [0, 0.05) is 31.5 Å². The highest BCUT2D eigenvalue weighted by Gasteiger charge is 2.31. The zero-order valence-electron chi connectivity index (χ0n) is 12.1. The number of thioether (sulfide) groups is 1. The van der Waals surface area contributed by atoms with Crippen LogP contribution in [0, 0.1) is 0 Å². The molecule has 114 valence electrons. The third kappa shape index (κ3) is 4.43. The molecule has 0 saturated carbocycles. The summed E-state index contributed by atoms with van der Waals surface area (Å²) in [6, 6.07) is 8.18. The van der Waals surface area contributed by atoms with Crippen molar-refractivity contribution >= 4 is 34.9 Å². The van der Waals surface area contributed by atoms with Crippen molar-refractivity contribution in [1.29, 1.82) is 0 Å². The van der Waals surface area contributed by atoms with Crippen LogP contribution in [0.15, 0.2) is 29.2 Å². The van der Waals surface area contributed by atoms with Crippen LogP contribution < -0.4 is 5.73 Å². The minimum atomic E-state index is -0.0504. The Labute approximate surface area is 135 Å². The van der Waals surface area contributed by atoms with Gasteiger partial charge in [-0.1, -0.05) is 30.4 Å². The van der Waals surface area contributed by atoms with Gasteiger partial charge in [-0.2, -0.15) is 0 Å². The third-order valence-electron chi connectivity index (χ3n) is 3.43. The van der Waals surface area contributed by atoms with Crippen LogP contribution in [0.1, 0.15) is 12.0 Å². The zero-order chi connectivity index (χ0) is 15.2. The zero-order valence-corrected chi connectivity index (χ0v) is 13.7. The molecule has 6 heteroatoms. The smallest absolute Gasteiger partial charge is 0.236 e. The molecule has 21 heavy (non-hydrogen) atoms. The summed E-state index contributed by atoms with van der Waals surface area (Å²) < 4.78 is 5.09. The lowest BCUT2D eigenvalue weighted by atomic mass is 10.1. The minimum Gasteiger partial charge on any atom is -0.393 e. The molecule has 0 saturated heterocycles. The molecule has 0 fully saturated rings. The second-order valence-corrected chi connectivity index (χ2v) is 6.72. The standard InChI is InChI=1S/C15H20N2O2S2/c1-19-9-8-17(7-6-14(16)20)15(18)13-10-11-4-2-3-5-12(11)21-13/h2-5,13H,6-10H2,1H3,(H2,16,20). The van der Waals surface area contributed by atoms with Crippen molar-refractivity contribution in [3.05, 3.63) is 29.8 Å². The fourth-order valence-electron chi connectivity index (χ4n) is 2.30. The largest absolute Gasteiger partial charge is 0.393 e. The fraction of sp³-hybridized carbons (Fsp3) is 0.467. The van der Waals surface area contributed by atoms with Crippen LogP contribution >= 0.6 is 24.0 Å². The Hall–Kier alpha value is -1.11. The monoisotopic (exact) mass is 324 g/mol. The predicted molar refractivity (Wildman–Crippen MR) is 89.6 cm³/mol. The van der Waals surface area contributed by atoms with Crippen molar-refractivity contribution in [3.63, 3.8) is 0 Å². The molecule has 2 rings (SSSR count). The summed E-state index contributed by atoms with van der Waals surface area (Å²) in [6.07, 6.45) is 1.34. The first-order valence-corrected chi connectivity index (χ1v) is 8.21. The van der Waals surface area contributed by atoms with Gasteiger partial charge in [0.25, 0.3) is 0 Å². The Morgan fingerprint density at radius 1 is 1.48 bits per heavy atom. The van der Waals surface area contributed by atoms with Crippen molar-refractivity contribution in [1.82, 2.24) is 4.90 Å². The van der Waals surface area contributed by atoms with E-state index in [2.05, 4.69) is 12.1 Å².